The first-order valence-corrected chi connectivity index (χ1v) is 10.2. The van der Waals surface area contributed by atoms with Crippen LogP contribution in [0.15, 0.2) is 91.3 Å². The first-order valence-electron chi connectivity index (χ1n) is 10.2. The van der Waals surface area contributed by atoms with Gasteiger partial charge in [-0.15, -0.1) is 0 Å². The summed E-state index contributed by atoms with van der Waals surface area (Å²) in [6.45, 7) is 2.86. The third kappa shape index (κ3) is 4.73. The number of rotatable bonds is 7. The van der Waals surface area contributed by atoms with Crippen LogP contribution in [0, 0.1) is 6.92 Å². The Labute approximate surface area is 177 Å². The summed E-state index contributed by atoms with van der Waals surface area (Å²) in [4.78, 5) is 9.09. The van der Waals surface area contributed by atoms with Crippen molar-refractivity contribution in [3.05, 3.63) is 102 Å². The van der Waals surface area contributed by atoms with Crippen LogP contribution < -0.4 is 11.1 Å². The van der Waals surface area contributed by atoms with Crippen LogP contribution in [0.2, 0.25) is 0 Å². The predicted molar refractivity (Wildman–Crippen MR) is 124 cm³/mol. The second-order valence-corrected chi connectivity index (χ2v) is 7.43. The van der Waals surface area contributed by atoms with E-state index in [1.54, 1.807) is 12.4 Å². The summed E-state index contributed by atoms with van der Waals surface area (Å²) in [5, 5.41) is 3.44. The Kier molecular flexibility index (Phi) is 6.16. The Morgan fingerprint density at radius 1 is 0.867 bits per heavy atom. The summed E-state index contributed by atoms with van der Waals surface area (Å²) in [5.74, 6) is 0.846. The SMILES string of the molecule is Cc1cccc(-c2ccc(NCCC(N)c3ccccc3)nc2-c2ccncc2)c1. The van der Waals surface area contributed by atoms with E-state index in [1.165, 1.54) is 5.56 Å². The molecule has 0 aliphatic carbocycles. The lowest BCUT2D eigenvalue weighted by atomic mass is 9.98. The van der Waals surface area contributed by atoms with Crippen LogP contribution in [0.3, 0.4) is 0 Å². The summed E-state index contributed by atoms with van der Waals surface area (Å²) in [6.07, 6.45) is 4.43. The number of aromatic nitrogens is 2. The van der Waals surface area contributed by atoms with Gasteiger partial charge in [-0.3, -0.25) is 4.98 Å². The number of pyridine rings is 2. The molecule has 150 valence electrons. The predicted octanol–water partition coefficient (Wildman–Crippen LogP) is 5.62. The van der Waals surface area contributed by atoms with Gasteiger partial charge in [-0.25, -0.2) is 4.98 Å². The molecule has 0 bridgehead atoms. The van der Waals surface area contributed by atoms with Crippen LogP contribution in [-0.4, -0.2) is 16.5 Å². The summed E-state index contributed by atoms with van der Waals surface area (Å²) >= 11 is 0. The second-order valence-electron chi connectivity index (χ2n) is 7.43. The van der Waals surface area contributed by atoms with Crippen molar-refractivity contribution >= 4 is 5.82 Å². The maximum Gasteiger partial charge on any atom is 0.126 e. The van der Waals surface area contributed by atoms with E-state index < -0.39 is 0 Å². The second kappa shape index (κ2) is 9.33. The monoisotopic (exact) mass is 394 g/mol. The number of anilines is 1. The lowest BCUT2D eigenvalue weighted by Crippen LogP contribution is -2.15. The fourth-order valence-corrected chi connectivity index (χ4v) is 3.56. The van der Waals surface area contributed by atoms with Gasteiger partial charge in [-0.1, -0.05) is 60.2 Å². The molecule has 0 radical (unpaired) electrons. The average Bonchev–Trinajstić information content (AvgIpc) is 2.80. The maximum absolute atomic E-state index is 6.33. The van der Waals surface area contributed by atoms with Crippen molar-refractivity contribution in [2.24, 2.45) is 5.73 Å². The highest BCUT2D eigenvalue weighted by molar-refractivity contribution is 5.82. The minimum Gasteiger partial charge on any atom is -0.370 e. The van der Waals surface area contributed by atoms with Gasteiger partial charge in [0.1, 0.15) is 5.82 Å². The zero-order valence-corrected chi connectivity index (χ0v) is 17.1. The Hall–Kier alpha value is -3.50. The van der Waals surface area contributed by atoms with Crippen molar-refractivity contribution in [3.8, 4) is 22.4 Å². The molecule has 4 rings (SSSR count). The minimum atomic E-state index is 0.00457. The van der Waals surface area contributed by atoms with Crippen molar-refractivity contribution in [2.45, 2.75) is 19.4 Å². The highest BCUT2D eigenvalue weighted by Gasteiger charge is 2.11. The summed E-state index contributed by atoms with van der Waals surface area (Å²) in [6, 6.07) is 26.9. The molecule has 2 aromatic heterocycles. The van der Waals surface area contributed by atoms with E-state index in [0.29, 0.717) is 0 Å². The van der Waals surface area contributed by atoms with Crippen molar-refractivity contribution in [3.63, 3.8) is 0 Å². The maximum atomic E-state index is 6.33. The molecule has 2 aromatic carbocycles. The standard InChI is InChI=1S/C26H26N4/c1-19-6-5-9-22(18-19)23-10-11-25(30-26(23)21-12-15-28-16-13-21)29-17-14-24(27)20-7-3-2-4-8-20/h2-13,15-16,18,24H,14,17,27H2,1H3,(H,29,30). The van der Waals surface area contributed by atoms with E-state index in [1.807, 2.05) is 36.4 Å². The summed E-state index contributed by atoms with van der Waals surface area (Å²) in [5.41, 5.74) is 13.0. The van der Waals surface area contributed by atoms with E-state index >= 15 is 0 Å². The average molecular weight is 395 g/mol. The van der Waals surface area contributed by atoms with Gasteiger partial charge in [0.05, 0.1) is 5.69 Å². The van der Waals surface area contributed by atoms with Crippen LogP contribution >= 0.6 is 0 Å². The zero-order chi connectivity index (χ0) is 20.8. The topological polar surface area (TPSA) is 63.8 Å². The molecule has 30 heavy (non-hydrogen) atoms. The number of benzene rings is 2. The molecular weight excluding hydrogens is 368 g/mol. The largest absolute Gasteiger partial charge is 0.370 e. The molecule has 4 aromatic rings. The molecule has 0 spiro atoms. The van der Waals surface area contributed by atoms with Gasteiger partial charge in [-0.05, 0) is 48.7 Å². The molecule has 0 aliphatic heterocycles. The molecule has 0 aliphatic rings. The Morgan fingerprint density at radius 2 is 1.67 bits per heavy atom. The third-order valence-corrected chi connectivity index (χ3v) is 5.17. The highest BCUT2D eigenvalue weighted by atomic mass is 15.0. The van der Waals surface area contributed by atoms with Crippen LogP contribution in [0.1, 0.15) is 23.6 Å². The number of nitrogens with one attached hydrogen (secondary N) is 1. The third-order valence-electron chi connectivity index (χ3n) is 5.17. The van der Waals surface area contributed by atoms with Crippen LogP contribution in [-0.2, 0) is 0 Å². The summed E-state index contributed by atoms with van der Waals surface area (Å²) < 4.78 is 0. The van der Waals surface area contributed by atoms with Crippen molar-refractivity contribution in [1.29, 1.82) is 0 Å². The molecule has 4 nitrogen and oxygen atoms in total. The van der Waals surface area contributed by atoms with Gasteiger partial charge in [-0.2, -0.15) is 0 Å². The molecule has 4 heteroatoms. The molecule has 0 saturated carbocycles. The number of nitrogens with zero attached hydrogens (tertiary/aromatic N) is 2. The zero-order valence-electron chi connectivity index (χ0n) is 17.1. The molecule has 0 fully saturated rings. The Balaban J connectivity index is 1.56. The van der Waals surface area contributed by atoms with Gasteiger partial charge in [0, 0.05) is 36.1 Å². The van der Waals surface area contributed by atoms with Crippen LogP contribution in [0.5, 0.6) is 0 Å². The van der Waals surface area contributed by atoms with Crippen LogP contribution in [0.25, 0.3) is 22.4 Å². The van der Waals surface area contributed by atoms with Crippen molar-refractivity contribution < 1.29 is 0 Å². The quantitative estimate of drug-likeness (QED) is 0.427. The van der Waals surface area contributed by atoms with Crippen molar-refractivity contribution in [2.75, 3.05) is 11.9 Å². The van der Waals surface area contributed by atoms with E-state index in [-0.39, 0.29) is 6.04 Å². The van der Waals surface area contributed by atoms with Crippen molar-refractivity contribution in [1.82, 2.24) is 9.97 Å². The molecule has 0 amide bonds. The smallest absolute Gasteiger partial charge is 0.126 e. The number of aryl methyl sites for hydroxylation is 1. The number of hydrogen-bond donors (Lipinski definition) is 2. The van der Waals surface area contributed by atoms with Gasteiger partial charge in [0.15, 0.2) is 0 Å². The molecule has 1 atom stereocenters. The highest BCUT2D eigenvalue weighted by Crippen LogP contribution is 2.32. The van der Waals surface area contributed by atoms with Gasteiger partial charge >= 0.3 is 0 Å². The molecule has 2 heterocycles. The Morgan fingerprint density at radius 3 is 2.43 bits per heavy atom. The fourth-order valence-electron chi connectivity index (χ4n) is 3.56. The van der Waals surface area contributed by atoms with E-state index in [2.05, 4.69) is 59.7 Å². The Bertz CT molecular complexity index is 1090. The van der Waals surface area contributed by atoms with Gasteiger partial charge in [0.25, 0.3) is 0 Å². The van der Waals surface area contributed by atoms with Crippen LogP contribution in [0.4, 0.5) is 5.82 Å². The van der Waals surface area contributed by atoms with Gasteiger partial charge in [0.2, 0.25) is 0 Å². The van der Waals surface area contributed by atoms with E-state index in [9.17, 15) is 0 Å². The molecule has 0 saturated heterocycles. The normalized spacial score (nSPS) is 11.8. The first kappa shape index (κ1) is 19.8. The molecule has 1 unspecified atom stereocenters. The minimum absolute atomic E-state index is 0.00457. The van der Waals surface area contributed by atoms with E-state index in [0.717, 1.165) is 46.7 Å². The molecule has 3 N–H and O–H groups in total. The fraction of sp³-hybridized carbons (Fsp3) is 0.154. The first-order chi connectivity index (χ1) is 14.7. The van der Waals surface area contributed by atoms with E-state index in [4.69, 9.17) is 10.7 Å². The number of hydrogen-bond acceptors (Lipinski definition) is 4. The molecular formula is C26H26N4. The lowest BCUT2D eigenvalue weighted by Gasteiger charge is -2.15. The number of nitrogens with two attached hydrogens (primary N) is 1. The van der Waals surface area contributed by atoms with Gasteiger partial charge < -0.3 is 11.1 Å². The lowest BCUT2D eigenvalue weighted by molar-refractivity contribution is 0.674. The summed E-state index contributed by atoms with van der Waals surface area (Å²) in [7, 11) is 0.